The van der Waals surface area contributed by atoms with Crippen molar-refractivity contribution in [3.05, 3.63) is 23.8 Å². The Balaban J connectivity index is 2.51. The third-order valence-corrected chi connectivity index (χ3v) is 3.00. The Kier molecular flexibility index (Phi) is 8.53. The van der Waals surface area contributed by atoms with E-state index in [0.717, 1.165) is 12.8 Å². The van der Waals surface area contributed by atoms with Crippen LogP contribution in [0.15, 0.2) is 23.4 Å². The SMILES string of the molecule is CCC[C@H](C)NC(=O)CO/N=C\c1ccc(OC(F)F)c(OC)c1. The molecule has 0 radical (unpaired) electrons. The van der Waals surface area contributed by atoms with E-state index in [-0.39, 0.29) is 30.1 Å². The highest BCUT2D eigenvalue weighted by Gasteiger charge is 2.10. The molecular weight excluding hydrogens is 322 g/mol. The minimum atomic E-state index is -2.93. The topological polar surface area (TPSA) is 69.2 Å². The quantitative estimate of drug-likeness (QED) is 0.523. The summed E-state index contributed by atoms with van der Waals surface area (Å²) >= 11 is 0. The van der Waals surface area contributed by atoms with E-state index in [4.69, 9.17) is 9.57 Å². The summed E-state index contributed by atoms with van der Waals surface area (Å²) in [5.74, 6) is -0.188. The maximum Gasteiger partial charge on any atom is 0.387 e. The van der Waals surface area contributed by atoms with Gasteiger partial charge in [-0.15, -0.1) is 0 Å². The molecule has 0 saturated carbocycles. The highest BCUT2D eigenvalue weighted by molar-refractivity contribution is 5.81. The normalized spacial score (nSPS) is 12.2. The first-order chi connectivity index (χ1) is 11.5. The zero-order chi connectivity index (χ0) is 17.9. The molecule has 0 aliphatic rings. The third kappa shape index (κ3) is 7.26. The van der Waals surface area contributed by atoms with Crippen LogP contribution in [0, 0.1) is 0 Å². The summed E-state index contributed by atoms with van der Waals surface area (Å²) in [6.45, 7) is 0.819. The molecule has 0 bridgehead atoms. The van der Waals surface area contributed by atoms with Crippen LogP contribution in [0.4, 0.5) is 8.78 Å². The predicted molar refractivity (Wildman–Crippen MR) is 85.7 cm³/mol. The van der Waals surface area contributed by atoms with Gasteiger partial charge in [-0.2, -0.15) is 8.78 Å². The lowest BCUT2D eigenvalue weighted by Gasteiger charge is -2.11. The zero-order valence-corrected chi connectivity index (χ0v) is 13.9. The number of halogens is 2. The second-order valence-corrected chi connectivity index (χ2v) is 5.05. The number of amides is 1. The number of nitrogens with zero attached hydrogens (tertiary/aromatic N) is 1. The number of ether oxygens (including phenoxy) is 2. The first-order valence-corrected chi connectivity index (χ1v) is 7.53. The summed E-state index contributed by atoms with van der Waals surface area (Å²) < 4.78 is 33.8. The minimum Gasteiger partial charge on any atom is -0.493 e. The Labute approximate surface area is 139 Å². The number of rotatable bonds is 10. The van der Waals surface area contributed by atoms with Crippen molar-refractivity contribution in [2.24, 2.45) is 5.16 Å². The second kappa shape index (κ2) is 10.4. The number of nitrogens with one attached hydrogen (secondary N) is 1. The molecule has 1 amide bonds. The molecule has 1 atom stereocenters. The molecule has 0 heterocycles. The fraction of sp³-hybridized carbons (Fsp3) is 0.500. The summed E-state index contributed by atoms with van der Waals surface area (Å²) in [5.41, 5.74) is 0.549. The van der Waals surface area contributed by atoms with E-state index in [1.54, 1.807) is 0 Å². The van der Waals surface area contributed by atoms with Crippen molar-refractivity contribution in [2.45, 2.75) is 39.3 Å². The van der Waals surface area contributed by atoms with Crippen molar-refractivity contribution in [3.8, 4) is 11.5 Å². The zero-order valence-electron chi connectivity index (χ0n) is 13.9. The Hall–Kier alpha value is -2.38. The van der Waals surface area contributed by atoms with Crippen LogP contribution >= 0.6 is 0 Å². The smallest absolute Gasteiger partial charge is 0.387 e. The van der Waals surface area contributed by atoms with Gasteiger partial charge < -0.3 is 19.6 Å². The van der Waals surface area contributed by atoms with E-state index < -0.39 is 6.61 Å². The van der Waals surface area contributed by atoms with E-state index in [9.17, 15) is 13.6 Å². The van der Waals surface area contributed by atoms with Crippen molar-refractivity contribution in [1.82, 2.24) is 5.32 Å². The fourth-order valence-corrected chi connectivity index (χ4v) is 1.97. The second-order valence-electron chi connectivity index (χ2n) is 5.05. The van der Waals surface area contributed by atoms with Crippen molar-refractivity contribution in [3.63, 3.8) is 0 Å². The van der Waals surface area contributed by atoms with Crippen LogP contribution < -0.4 is 14.8 Å². The Morgan fingerprint density at radius 1 is 1.38 bits per heavy atom. The van der Waals surface area contributed by atoms with Gasteiger partial charge in [0.2, 0.25) is 0 Å². The maximum atomic E-state index is 12.2. The predicted octanol–water partition coefficient (Wildman–Crippen LogP) is 2.95. The summed E-state index contributed by atoms with van der Waals surface area (Å²) in [6.07, 6.45) is 3.22. The lowest BCUT2D eigenvalue weighted by Crippen LogP contribution is -2.34. The van der Waals surface area contributed by atoms with Gasteiger partial charge in [-0.1, -0.05) is 18.5 Å². The molecule has 1 aromatic rings. The average molecular weight is 344 g/mol. The van der Waals surface area contributed by atoms with Gasteiger partial charge >= 0.3 is 6.61 Å². The molecule has 0 saturated heterocycles. The number of methoxy groups -OCH3 is 1. The Morgan fingerprint density at radius 3 is 2.75 bits per heavy atom. The lowest BCUT2D eigenvalue weighted by molar-refractivity contribution is -0.126. The van der Waals surface area contributed by atoms with E-state index in [1.807, 2.05) is 13.8 Å². The number of carbonyl (C=O) groups excluding carboxylic acids is 1. The van der Waals surface area contributed by atoms with Gasteiger partial charge in [0, 0.05) is 11.6 Å². The monoisotopic (exact) mass is 344 g/mol. The molecule has 24 heavy (non-hydrogen) atoms. The molecule has 0 fully saturated rings. The van der Waals surface area contributed by atoms with Gasteiger partial charge in [-0.05, 0) is 31.5 Å². The summed E-state index contributed by atoms with van der Waals surface area (Å²) in [7, 11) is 1.34. The number of carbonyl (C=O) groups is 1. The Bertz CT molecular complexity index is 553. The van der Waals surface area contributed by atoms with Crippen LogP contribution in [-0.2, 0) is 9.63 Å². The molecule has 0 aliphatic carbocycles. The van der Waals surface area contributed by atoms with Crippen molar-refractivity contribution in [2.75, 3.05) is 13.7 Å². The van der Waals surface area contributed by atoms with E-state index >= 15 is 0 Å². The number of oxime groups is 1. The van der Waals surface area contributed by atoms with Crippen LogP contribution in [0.5, 0.6) is 11.5 Å². The molecule has 0 aromatic heterocycles. The molecule has 8 heteroatoms. The largest absolute Gasteiger partial charge is 0.493 e. The molecule has 6 nitrogen and oxygen atoms in total. The van der Waals surface area contributed by atoms with Crippen LogP contribution in [0.2, 0.25) is 0 Å². The van der Waals surface area contributed by atoms with Crippen LogP contribution in [-0.4, -0.2) is 38.5 Å². The van der Waals surface area contributed by atoms with Crippen LogP contribution in [0.3, 0.4) is 0 Å². The van der Waals surface area contributed by atoms with Gasteiger partial charge in [-0.3, -0.25) is 4.79 Å². The summed E-state index contributed by atoms with van der Waals surface area (Å²) in [4.78, 5) is 16.5. The molecule has 0 aliphatic heterocycles. The molecule has 1 N–H and O–H groups in total. The standard InChI is InChI=1S/C16H22F2N2O4/c1-4-5-11(2)20-15(21)10-23-19-9-12-6-7-13(24-16(17)18)14(8-12)22-3/h6-9,11,16H,4-5,10H2,1-3H3,(H,20,21)/b19-9-/t11-/m0/s1. The number of alkyl halides is 2. The van der Waals surface area contributed by atoms with Gasteiger partial charge in [0.05, 0.1) is 13.3 Å². The van der Waals surface area contributed by atoms with E-state index in [0.29, 0.717) is 5.56 Å². The average Bonchev–Trinajstić information content (AvgIpc) is 2.52. The van der Waals surface area contributed by atoms with Gasteiger partial charge in [0.25, 0.3) is 5.91 Å². The van der Waals surface area contributed by atoms with E-state index in [1.165, 1.54) is 31.5 Å². The molecule has 1 rings (SSSR count). The van der Waals surface area contributed by atoms with Crippen molar-refractivity contribution in [1.29, 1.82) is 0 Å². The van der Waals surface area contributed by atoms with Crippen LogP contribution in [0.25, 0.3) is 0 Å². The summed E-state index contributed by atoms with van der Waals surface area (Å²) in [5, 5.41) is 6.45. The van der Waals surface area contributed by atoms with Gasteiger partial charge in [0.1, 0.15) is 0 Å². The molecule has 134 valence electrons. The molecule has 0 spiro atoms. The first-order valence-electron chi connectivity index (χ1n) is 7.53. The Morgan fingerprint density at radius 2 is 2.12 bits per heavy atom. The number of hydrogen-bond acceptors (Lipinski definition) is 5. The van der Waals surface area contributed by atoms with Crippen LogP contribution in [0.1, 0.15) is 32.3 Å². The molecule has 0 unspecified atom stereocenters. The van der Waals surface area contributed by atoms with Gasteiger partial charge in [-0.25, -0.2) is 0 Å². The minimum absolute atomic E-state index is 0.0742. The fourth-order valence-electron chi connectivity index (χ4n) is 1.97. The number of hydrogen-bond donors (Lipinski definition) is 1. The molecule has 1 aromatic carbocycles. The maximum absolute atomic E-state index is 12.2. The number of benzene rings is 1. The lowest BCUT2D eigenvalue weighted by atomic mass is 10.2. The van der Waals surface area contributed by atoms with E-state index in [2.05, 4.69) is 15.2 Å². The highest BCUT2D eigenvalue weighted by atomic mass is 19.3. The molecular formula is C16H22F2N2O4. The third-order valence-electron chi connectivity index (χ3n) is 3.00. The first kappa shape index (κ1) is 19.7. The van der Waals surface area contributed by atoms with Crippen molar-refractivity contribution >= 4 is 12.1 Å². The van der Waals surface area contributed by atoms with Gasteiger partial charge in [0.15, 0.2) is 18.1 Å². The summed E-state index contributed by atoms with van der Waals surface area (Å²) in [6, 6.07) is 4.40. The highest BCUT2D eigenvalue weighted by Crippen LogP contribution is 2.28. The van der Waals surface area contributed by atoms with Crippen molar-refractivity contribution < 1.29 is 27.9 Å².